The summed E-state index contributed by atoms with van der Waals surface area (Å²) in [5.41, 5.74) is -1.07. The highest BCUT2D eigenvalue weighted by atomic mass is 32.1. The number of carboxylic acids is 1. The molecular formula is C12H17N3O3S. The number of urea groups is 1. The van der Waals surface area contributed by atoms with Crippen molar-refractivity contribution in [3.63, 3.8) is 0 Å². The van der Waals surface area contributed by atoms with Gasteiger partial charge in [-0.2, -0.15) is 0 Å². The number of likely N-dealkylation sites (tertiary alicyclic amines) is 1. The summed E-state index contributed by atoms with van der Waals surface area (Å²) in [5.74, 6) is -0.932. The van der Waals surface area contributed by atoms with Crippen molar-refractivity contribution in [2.75, 3.05) is 11.9 Å². The zero-order chi connectivity index (χ0) is 14.0. The third-order valence-electron chi connectivity index (χ3n) is 3.55. The quantitative estimate of drug-likeness (QED) is 0.891. The molecule has 1 unspecified atom stereocenters. The summed E-state index contributed by atoms with van der Waals surface area (Å²) in [6.45, 7) is 4.17. The Morgan fingerprint density at radius 3 is 2.89 bits per heavy atom. The van der Waals surface area contributed by atoms with Crippen molar-refractivity contribution in [2.45, 2.75) is 38.6 Å². The lowest BCUT2D eigenvalue weighted by atomic mass is 9.93. The summed E-state index contributed by atoms with van der Waals surface area (Å²) in [5, 5.41) is 12.6. The van der Waals surface area contributed by atoms with Crippen molar-refractivity contribution in [1.29, 1.82) is 0 Å². The van der Waals surface area contributed by atoms with E-state index < -0.39 is 11.5 Å². The number of hydrogen-bond acceptors (Lipinski definition) is 4. The van der Waals surface area contributed by atoms with E-state index in [1.165, 1.54) is 16.2 Å². The van der Waals surface area contributed by atoms with Crippen molar-refractivity contribution in [1.82, 2.24) is 9.88 Å². The van der Waals surface area contributed by atoms with E-state index in [1.807, 2.05) is 6.92 Å². The molecule has 0 spiro atoms. The Labute approximate surface area is 115 Å². The fraction of sp³-hybridized carbons (Fsp3) is 0.583. The number of carbonyl (C=O) groups is 2. The molecule has 2 amide bonds. The highest BCUT2D eigenvalue weighted by molar-refractivity contribution is 7.15. The highest BCUT2D eigenvalue weighted by Crippen LogP contribution is 2.33. The summed E-state index contributed by atoms with van der Waals surface area (Å²) in [7, 11) is 0. The lowest BCUT2D eigenvalue weighted by Crippen LogP contribution is -2.54. The van der Waals surface area contributed by atoms with E-state index in [1.54, 1.807) is 13.1 Å². The number of thiazole rings is 1. The maximum Gasteiger partial charge on any atom is 0.329 e. The number of anilines is 1. The molecule has 19 heavy (non-hydrogen) atoms. The predicted octanol–water partition coefficient (Wildman–Crippen LogP) is 2.31. The van der Waals surface area contributed by atoms with Gasteiger partial charge in [-0.25, -0.2) is 14.6 Å². The number of rotatable bonds is 3. The predicted molar refractivity (Wildman–Crippen MR) is 72.5 cm³/mol. The van der Waals surface area contributed by atoms with Gasteiger partial charge < -0.3 is 10.0 Å². The molecule has 1 aliphatic rings. The van der Waals surface area contributed by atoms with Crippen LogP contribution in [0.1, 0.15) is 31.1 Å². The Kier molecular flexibility index (Phi) is 3.75. The number of aryl methyl sites for hydroxylation is 1. The molecule has 6 nitrogen and oxygen atoms in total. The Hall–Kier alpha value is -1.63. The monoisotopic (exact) mass is 283 g/mol. The van der Waals surface area contributed by atoms with Crippen LogP contribution in [0.15, 0.2) is 6.20 Å². The van der Waals surface area contributed by atoms with Crippen LogP contribution >= 0.6 is 11.3 Å². The SMILES string of the molecule is CCC1(C(=O)O)CCCN1C(=O)Nc1ncc(C)s1. The lowest BCUT2D eigenvalue weighted by Gasteiger charge is -2.33. The van der Waals surface area contributed by atoms with Gasteiger partial charge in [-0.1, -0.05) is 6.92 Å². The minimum atomic E-state index is -1.07. The van der Waals surface area contributed by atoms with Crippen molar-refractivity contribution in [2.24, 2.45) is 0 Å². The molecule has 0 radical (unpaired) electrons. The number of aromatic nitrogens is 1. The summed E-state index contributed by atoms with van der Waals surface area (Å²) in [6, 6.07) is -0.379. The van der Waals surface area contributed by atoms with E-state index in [0.29, 0.717) is 30.9 Å². The fourth-order valence-electron chi connectivity index (χ4n) is 2.49. The highest BCUT2D eigenvalue weighted by Gasteiger charge is 2.48. The molecule has 104 valence electrons. The van der Waals surface area contributed by atoms with Crippen LogP contribution in [-0.2, 0) is 4.79 Å². The summed E-state index contributed by atoms with van der Waals surface area (Å²) in [4.78, 5) is 30.2. The molecule has 1 aromatic heterocycles. The van der Waals surface area contributed by atoms with Crippen molar-refractivity contribution < 1.29 is 14.7 Å². The van der Waals surface area contributed by atoms with Crippen LogP contribution in [0.3, 0.4) is 0 Å². The number of carboxylic acid groups (broad SMARTS) is 1. The van der Waals surface area contributed by atoms with Gasteiger partial charge in [0.05, 0.1) is 0 Å². The van der Waals surface area contributed by atoms with Gasteiger partial charge in [0.25, 0.3) is 0 Å². The summed E-state index contributed by atoms with van der Waals surface area (Å²) < 4.78 is 0. The third kappa shape index (κ3) is 2.42. The molecule has 2 heterocycles. The number of carbonyl (C=O) groups excluding carboxylic acids is 1. The second-order valence-electron chi connectivity index (χ2n) is 4.65. The number of amides is 2. The van der Waals surface area contributed by atoms with Gasteiger partial charge >= 0.3 is 12.0 Å². The van der Waals surface area contributed by atoms with E-state index in [0.717, 1.165) is 4.88 Å². The molecule has 1 saturated heterocycles. The van der Waals surface area contributed by atoms with E-state index in [2.05, 4.69) is 10.3 Å². The van der Waals surface area contributed by atoms with Gasteiger partial charge in [-0.3, -0.25) is 5.32 Å². The maximum absolute atomic E-state index is 12.2. The van der Waals surface area contributed by atoms with Gasteiger partial charge in [0, 0.05) is 17.6 Å². The second-order valence-corrected chi connectivity index (χ2v) is 5.89. The van der Waals surface area contributed by atoms with Gasteiger partial charge in [0.15, 0.2) is 5.13 Å². The Morgan fingerprint density at radius 1 is 1.63 bits per heavy atom. The van der Waals surface area contributed by atoms with Crippen molar-refractivity contribution in [3.8, 4) is 0 Å². The molecule has 0 bridgehead atoms. The molecule has 2 rings (SSSR count). The van der Waals surface area contributed by atoms with Gasteiger partial charge in [-0.15, -0.1) is 11.3 Å². The van der Waals surface area contributed by atoms with E-state index in [4.69, 9.17) is 0 Å². The van der Waals surface area contributed by atoms with Crippen LogP contribution in [0, 0.1) is 6.92 Å². The zero-order valence-corrected chi connectivity index (χ0v) is 11.8. The lowest BCUT2D eigenvalue weighted by molar-refractivity contribution is -0.148. The normalized spacial score (nSPS) is 22.5. The Morgan fingerprint density at radius 2 is 2.37 bits per heavy atom. The van der Waals surface area contributed by atoms with Crippen molar-refractivity contribution >= 4 is 28.5 Å². The fourth-order valence-corrected chi connectivity index (χ4v) is 3.14. The molecule has 1 atom stereocenters. The first-order valence-electron chi connectivity index (χ1n) is 6.24. The number of nitrogens with zero attached hydrogens (tertiary/aromatic N) is 2. The topological polar surface area (TPSA) is 82.5 Å². The largest absolute Gasteiger partial charge is 0.479 e. The standard InChI is InChI=1S/C12H17N3O3S/c1-3-12(9(16)17)5-4-6-15(12)11(18)14-10-13-7-8(2)19-10/h7H,3-6H2,1-2H3,(H,16,17)(H,13,14,18). The molecule has 1 fully saturated rings. The van der Waals surface area contributed by atoms with Gasteiger partial charge in [0.1, 0.15) is 5.54 Å². The molecule has 1 aliphatic heterocycles. The van der Waals surface area contributed by atoms with E-state index >= 15 is 0 Å². The third-order valence-corrected chi connectivity index (χ3v) is 4.38. The van der Waals surface area contributed by atoms with Crippen LogP contribution in [0.2, 0.25) is 0 Å². The molecule has 7 heteroatoms. The first-order valence-corrected chi connectivity index (χ1v) is 7.05. The second kappa shape index (κ2) is 5.16. The van der Waals surface area contributed by atoms with Crippen LogP contribution in [-0.4, -0.2) is 39.1 Å². The summed E-state index contributed by atoms with van der Waals surface area (Å²) in [6.07, 6.45) is 3.30. The number of aliphatic carboxylic acids is 1. The molecule has 2 N–H and O–H groups in total. The molecule has 0 aliphatic carbocycles. The average Bonchev–Trinajstić information content (AvgIpc) is 2.95. The summed E-state index contributed by atoms with van der Waals surface area (Å²) >= 11 is 1.37. The van der Waals surface area contributed by atoms with E-state index in [9.17, 15) is 14.7 Å². The number of nitrogens with one attached hydrogen (secondary N) is 1. The Balaban J connectivity index is 2.16. The van der Waals surface area contributed by atoms with Crippen LogP contribution in [0.25, 0.3) is 0 Å². The minimum absolute atomic E-state index is 0.379. The molecule has 1 aromatic rings. The maximum atomic E-state index is 12.2. The van der Waals surface area contributed by atoms with Gasteiger partial charge in [-0.05, 0) is 26.2 Å². The molecule has 0 aromatic carbocycles. The van der Waals surface area contributed by atoms with Crippen LogP contribution in [0.4, 0.5) is 9.93 Å². The average molecular weight is 283 g/mol. The first kappa shape index (κ1) is 13.8. The molecular weight excluding hydrogens is 266 g/mol. The van der Waals surface area contributed by atoms with E-state index in [-0.39, 0.29) is 6.03 Å². The number of hydrogen-bond donors (Lipinski definition) is 2. The zero-order valence-electron chi connectivity index (χ0n) is 11.0. The van der Waals surface area contributed by atoms with Crippen molar-refractivity contribution in [3.05, 3.63) is 11.1 Å². The van der Waals surface area contributed by atoms with Crippen LogP contribution < -0.4 is 5.32 Å². The van der Waals surface area contributed by atoms with Gasteiger partial charge in [0.2, 0.25) is 0 Å². The minimum Gasteiger partial charge on any atom is -0.479 e. The Bertz CT molecular complexity index is 502. The smallest absolute Gasteiger partial charge is 0.329 e. The molecule has 0 saturated carbocycles. The van der Waals surface area contributed by atoms with Crippen LogP contribution in [0.5, 0.6) is 0 Å². The first-order chi connectivity index (χ1) is 8.99.